The van der Waals surface area contributed by atoms with E-state index >= 15 is 0 Å². The average molecular weight is 232 g/mol. The maximum absolute atomic E-state index is 10.3. The van der Waals surface area contributed by atoms with E-state index in [1.165, 1.54) is 6.07 Å². The molecule has 6 heteroatoms. The predicted molar refractivity (Wildman–Crippen MR) is 43.6 cm³/mol. The van der Waals surface area contributed by atoms with Gasteiger partial charge < -0.3 is 35.7 Å². The van der Waals surface area contributed by atoms with Gasteiger partial charge in [0.15, 0.2) is 0 Å². The van der Waals surface area contributed by atoms with Crippen LogP contribution in [0.15, 0.2) is 24.3 Å². The van der Waals surface area contributed by atoms with Gasteiger partial charge in [-0.2, -0.15) is 0 Å². The Morgan fingerprint density at radius 2 is 1.69 bits per heavy atom. The van der Waals surface area contributed by atoms with Crippen molar-refractivity contribution in [3.05, 3.63) is 29.8 Å². The molecule has 0 bridgehead atoms. The first kappa shape index (κ1) is 18.6. The van der Waals surface area contributed by atoms with E-state index in [2.05, 4.69) is 0 Å². The molecule has 0 aliphatic rings. The van der Waals surface area contributed by atoms with Gasteiger partial charge in [0.05, 0.1) is 5.56 Å². The zero-order valence-electron chi connectivity index (χ0n) is 6.71. The van der Waals surface area contributed by atoms with Crippen LogP contribution >= 0.6 is 0 Å². The molecule has 0 aromatic heterocycles. The fourth-order valence-corrected chi connectivity index (χ4v) is 0.692. The maximum Gasteiger partial charge on any atom is 2.00 e. The van der Waals surface area contributed by atoms with Crippen molar-refractivity contribution in [2.75, 3.05) is 5.73 Å². The standard InChI is InChI=1S/C7H7NO2.2ClH.Mg/c8-6-4-2-1-3-5(6)7(9)10;;;/h1-4H,8H2,(H,9,10);2*1H;/q;;;+2/p-2. The number of aromatic carboxylic acids is 1. The molecule has 0 atom stereocenters. The van der Waals surface area contributed by atoms with E-state index in [1.807, 2.05) is 0 Å². The van der Waals surface area contributed by atoms with E-state index in [-0.39, 0.29) is 53.4 Å². The smallest absolute Gasteiger partial charge is 1.00 e. The van der Waals surface area contributed by atoms with E-state index in [9.17, 15) is 4.79 Å². The van der Waals surface area contributed by atoms with E-state index in [4.69, 9.17) is 10.8 Å². The number of hydrogen-bond acceptors (Lipinski definition) is 2. The van der Waals surface area contributed by atoms with Crippen LogP contribution in [0, 0.1) is 0 Å². The summed E-state index contributed by atoms with van der Waals surface area (Å²) in [6.45, 7) is 0. The summed E-state index contributed by atoms with van der Waals surface area (Å²) in [7, 11) is 0. The molecular formula is C7H7Cl2MgNO2. The molecule has 0 saturated carbocycles. The van der Waals surface area contributed by atoms with Crippen molar-refractivity contribution in [2.24, 2.45) is 0 Å². The number of carboxylic acids is 1. The summed E-state index contributed by atoms with van der Waals surface area (Å²) in [5, 5.41) is 8.49. The van der Waals surface area contributed by atoms with E-state index < -0.39 is 5.97 Å². The van der Waals surface area contributed by atoms with Crippen LogP contribution in [0.5, 0.6) is 0 Å². The van der Waals surface area contributed by atoms with Crippen molar-refractivity contribution in [1.82, 2.24) is 0 Å². The van der Waals surface area contributed by atoms with Gasteiger partial charge >= 0.3 is 29.0 Å². The topological polar surface area (TPSA) is 63.3 Å². The summed E-state index contributed by atoms with van der Waals surface area (Å²) in [5.74, 6) is -0.988. The summed E-state index contributed by atoms with van der Waals surface area (Å²) in [4.78, 5) is 10.3. The third-order valence-electron chi connectivity index (χ3n) is 1.19. The Bertz CT molecular complexity index is 270. The molecule has 0 unspecified atom stereocenters. The number of benzene rings is 1. The zero-order chi connectivity index (χ0) is 7.56. The van der Waals surface area contributed by atoms with Gasteiger partial charge in [0, 0.05) is 5.69 Å². The van der Waals surface area contributed by atoms with Crippen LogP contribution in [-0.2, 0) is 0 Å². The van der Waals surface area contributed by atoms with Gasteiger partial charge in [0.1, 0.15) is 0 Å². The van der Waals surface area contributed by atoms with Gasteiger partial charge in [-0.1, -0.05) is 12.1 Å². The molecular weight excluding hydrogens is 225 g/mol. The molecule has 3 N–H and O–H groups in total. The molecule has 0 saturated heterocycles. The number of carboxylic acid groups (broad SMARTS) is 1. The van der Waals surface area contributed by atoms with Crippen LogP contribution in [0.4, 0.5) is 5.69 Å². The van der Waals surface area contributed by atoms with Crippen LogP contribution in [0.25, 0.3) is 0 Å². The molecule has 0 radical (unpaired) electrons. The van der Waals surface area contributed by atoms with E-state index in [0.717, 1.165) is 0 Å². The molecule has 0 amide bonds. The molecule has 68 valence electrons. The van der Waals surface area contributed by atoms with Gasteiger partial charge in [-0.05, 0) is 12.1 Å². The quantitative estimate of drug-likeness (QED) is 0.375. The van der Waals surface area contributed by atoms with Gasteiger partial charge in [-0.3, -0.25) is 0 Å². The second kappa shape index (κ2) is 8.44. The van der Waals surface area contributed by atoms with E-state index in [1.54, 1.807) is 18.2 Å². The first-order valence-electron chi connectivity index (χ1n) is 2.79. The summed E-state index contributed by atoms with van der Waals surface area (Å²) < 4.78 is 0. The molecule has 0 spiro atoms. The minimum Gasteiger partial charge on any atom is -1.00 e. The Morgan fingerprint density at radius 1 is 1.23 bits per heavy atom. The Morgan fingerprint density at radius 3 is 2.00 bits per heavy atom. The number of nitrogens with two attached hydrogens (primary N) is 1. The Labute approximate surface area is 105 Å². The number of rotatable bonds is 1. The number of para-hydroxylation sites is 1. The first-order valence-corrected chi connectivity index (χ1v) is 2.79. The SMILES string of the molecule is Nc1ccccc1C(=O)O.[Cl-].[Cl-].[Mg+2]. The fraction of sp³-hybridized carbons (Fsp3) is 0. The molecule has 3 nitrogen and oxygen atoms in total. The van der Waals surface area contributed by atoms with Crippen molar-refractivity contribution in [2.45, 2.75) is 0 Å². The van der Waals surface area contributed by atoms with Crippen LogP contribution in [0.1, 0.15) is 10.4 Å². The number of carbonyl (C=O) groups is 1. The molecule has 1 rings (SSSR count). The molecule has 1 aromatic carbocycles. The Balaban J connectivity index is -0.000000333. The third-order valence-corrected chi connectivity index (χ3v) is 1.19. The monoisotopic (exact) mass is 231 g/mol. The molecule has 0 aliphatic carbocycles. The molecule has 0 aliphatic heterocycles. The predicted octanol–water partition coefficient (Wildman–Crippen LogP) is -5.41. The summed E-state index contributed by atoms with van der Waals surface area (Å²) >= 11 is 0. The first-order chi connectivity index (χ1) is 4.72. The number of hydrogen-bond donors (Lipinski definition) is 2. The normalized spacial score (nSPS) is 7.08. The summed E-state index contributed by atoms with van der Waals surface area (Å²) in [5.41, 5.74) is 5.80. The average Bonchev–Trinajstić information content (AvgIpc) is 1.88. The number of halogens is 2. The van der Waals surface area contributed by atoms with Crippen molar-refractivity contribution in [3.63, 3.8) is 0 Å². The maximum atomic E-state index is 10.3. The van der Waals surface area contributed by atoms with Crippen molar-refractivity contribution < 1.29 is 34.7 Å². The molecule has 1 aromatic rings. The fourth-order valence-electron chi connectivity index (χ4n) is 0.692. The number of nitrogen functional groups attached to an aromatic ring is 1. The Kier molecular flexibility index (Phi) is 12.1. The molecule has 13 heavy (non-hydrogen) atoms. The van der Waals surface area contributed by atoms with Gasteiger partial charge in [-0.25, -0.2) is 4.79 Å². The second-order valence-corrected chi connectivity index (χ2v) is 1.89. The summed E-state index contributed by atoms with van der Waals surface area (Å²) in [6.07, 6.45) is 0. The third kappa shape index (κ3) is 5.20. The van der Waals surface area contributed by atoms with Crippen LogP contribution in [-0.4, -0.2) is 34.1 Å². The number of anilines is 1. The largest absolute Gasteiger partial charge is 2.00 e. The Hall–Kier alpha value is -0.164. The van der Waals surface area contributed by atoms with Crippen molar-refractivity contribution in [3.8, 4) is 0 Å². The van der Waals surface area contributed by atoms with Crippen molar-refractivity contribution in [1.29, 1.82) is 0 Å². The van der Waals surface area contributed by atoms with Crippen LogP contribution < -0.4 is 30.5 Å². The van der Waals surface area contributed by atoms with E-state index in [0.29, 0.717) is 5.69 Å². The summed E-state index contributed by atoms with van der Waals surface area (Å²) in [6, 6.07) is 6.36. The molecule has 0 fully saturated rings. The minimum atomic E-state index is -0.988. The second-order valence-electron chi connectivity index (χ2n) is 1.89. The molecule has 0 heterocycles. The zero-order valence-corrected chi connectivity index (χ0v) is 9.63. The van der Waals surface area contributed by atoms with Crippen LogP contribution in [0.3, 0.4) is 0 Å². The van der Waals surface area contributed by atoms with Gasteiger partial charge in [0.25, 0.3) is 0 Å². The van der Waals surface area contributed by atoms with Crippen molar-refractivity contribution >= 4 is 34.7 Å². The minimum absolute atomic E-state index is 0. The van der Waals surface area contributed by atoms with Gasteiger partial charge in [-0.15, -0.1) is 0 Å². The van der Waals surface area contributed by atoms with Crippen LogP contribution in [0.2, 0.25) is 0 Å². The van der Waals surface area contributed by atoms with Gasteiger partial charge in [0.2, 0.25) is 0 Å².